The van der Waals surface area contributed by atoms with Gasteiger partial charge >= 0.3 is 0 Å². The van der Waals surface area contributed by atoms with Crippen LogP contribution in [0, 0.1) is 33.5 Å². The van der Waals surface area contributed by atoms with Crippen LogP contribution in [-0.2, 0) is 9.47 Å². The summed E-state index contributed by atoms with van der Waals surface area (Å²) in [5.41, 5.74) is 3.93. The van der Waals surface area contributed by atoms with Crippen molar-refractivity contribution in [3.8, 4) is 29.4 Å². The summed E-state index contributed by atoms with van der Waals surface area (Å²) in [7, 11) is 4.47. The molecular weight excluding hydrogens is 352 g/mol. The Morgan fingerprint density at radius 2 is 1.74 bits per heavy atom. The Bertz CT molecular complexity index is 927. The molecule has 2 heterocycles. The summed E-state index contributed by atoms with van der Waals surface area (Å²) >= 11 is 0. The molecule has 1 aromatic carbocycles. The van der Waals surface area contributed by atoms with Crippen molar-refractivity contribution in [1.29, 1.82) is 10.5 Å². The number of nitriles is 2. The van der Waals surface area contributed by atoms with E-state index >= 15 is 0 Å². The SMILES string of the molecule is COc1ccc([C@@H]2[C@]3(C#N)C(N)=NC4(OCCO4)[C@@]23C#N)c(OC)c1OC. The molecule has 0 amide bonds. The van der Waals surface area contributed by atoms with E-state index in [0.29, 0.717) is 22.8 Å². The van der Waals surface area contributed by atoms with Gasteiger partial charge in [-0.1, -0.05) is 6.07 Å². The van der Waals surface area contributed by atoms with Crippen LogP contribution in [0.15, 0.2) is 17.1 Å². The molecule has 140 valence electrons. The molecule has 9 nitrogen and oxygen atoms in total. The van der Waals surface area contributed by atoms with Gasteiger partial charge in [0.25, 0.3) is 5.91 Å². The van der Waals surface area contributed by atoms with Crippen molar-refractivity contribution in [3.05, 3.63) is 17.7 Å². The topological polar surface area (TPSA) is 132 Å². The maximum absolute atomic E-state index is 10.1. The molecule has 1 spiro atoms. The predicted octanol–water partition coefficient (Wildman–Crippen LogP) is 0.901. The van der Waals surface area contributed by atoms with Crippen molar-refractivity contribution in [1.82, 2.24) is 0 Å². The number of aliphatic imine (C=N–C) groups is 1. The first kappa shape index (κ1) is 17.4. The molecule has 2 aliphatic heterocycles. The molecule has 3 aliphatic rings. The Labute approximate surface area is 155 Å². The number of fused-ring (bicyclic) bond motifs is 2. The summed E-state index contributed by atoms with van der Waals surface area (Å²) in [6, 6.07) is 7.87. The maximum atomic E-state index is 10.1. The Morgan fingerprint density at radius 1 is 1.07 bits per heavy atom. The van der Waals surface area contributed by atoms with Gasteiger partial charge in [0.2, 0.25) is 5.75 Å². The maximum Gasteiger partial charge on any atom is 0.293 e. The van der Waals surface area contributed by atoms with Gasteiger partial charge in [-0.15, -0.1) is 0 Å². The van der Waals surface area contributed by atoms with Gasteiger partial charge in [0, 0.05) is 11.5 Å². The zero-order valence-corrected chi connectivity index (χ0v) is 15.1. The van der Waals surface area contributed by atoms with Gasteiger partial charge in [-0.2, -0.15) is 10.5 Å². The number of nitrogens with two attached hydrogens (primary N) is 1. The zero-order chi connectivity index (χ0) is 19.4. The standard InChI is InChI=1S/C18H18N4O5/c1-23-11-5-4-10(12(24-2)13(11)25-3)14-16(8-19)15(21)22-18(17(14,16)9-20)26-6-7-27-18/h4-5,14H,6-7H2,1-3H3,(H2,21,22)/t14-,16-,17+/m1/s1. The van der Waals surface area contributed by atoms with E-state index in [0.717, 1.165) is 0 Å². The van der Waals surface area contributed by atoms with Crippen molar-refractivity contribution in [3.63, 3.8) is 0 Å². The lowest BCUT2D eigenvalue weighted by Gasteiger charge is -2.26. The molecule has 3 atom stereocenters. The molecular formula is C18H18N4O5. The second-order valence-corrected chi connectivity index (χ2v) is 6.47. The third kappa shape index (κ3) is 1.67. The summed E-state index contributed by atoms with van der Waals surface area (Å²) in [6.07, 6.45) is 0. The highest BCUT2D eigenvalue weighted by atomic mass is 16.8. The van der Waals surface area contributed by atoms with Gasteiger partial charge in [-0.05, 0) is 6.07 Å². The predicted molar refractivity (Wildman–Crippen MR) is 91.2 cm³/mol. The third-order valence-corrected chi connectivity index (χ3v) is 5.65. The number of rotatable bonds is 4. The van der Waals surface area contributed by atoms with E-state index in [2.05, 4.69) is 17.1 Å². The van der Waals surface area contributed by atoms with Crippen LogP contribution in [0.3, 0.4) is 0 Å². The van der Waals surface area contributed by atoms with E-state index in [1.165, 1.54) is 21.3 Å². The summed E-state index contributed by atoms with van der Waals surface area (Å²) in [6.45, 7) is 0.523. The summed E-state index contributed by atoms with van der Waals surface area (Å²) in [4.78, 5) is 4.25. The Hall–Kier alpha value is -3.01. The van der Waals surface area contributed by atoms with Gasteiger partial charge in [0.15, 0.2) is 16.9 Å². The Kier molecular flexibility index (Phi) is 3.54. The van der Waals surface area contributed by atoms with Crippen LogP contribution in [0.1, 0.15) is 11.5 Å². The third-order valence-electron chi connectivity index (χ3n) is 5.65. The van der Waals surface area contributed by atoms with Crippen LogP contribution in [0.2, 0.25) is 0 Å². The van der Waals surface area contributed by atoms with Crippen molar-refractivity contribution in [2.75, 3.05) is 34.5 Å². The smallest absolute Gasteiger partial charge is 0.293 e. The first-order chi connectivity index (χ1) is 13.0. The van der Waals surface area contributed by atoms with Crippen LogP contribution in [-0.4, -0.2) is 46.3 Å². The fourth-order valence-electron chi connectivity index (χ4n) is 4.54. The second-order valence-electron chi connectivity index (χ2n) is 6.47. The number of hydrogen-bond donors (Lipinski definition) is 1. The molecule has 0 radical (unpaired) electrons. The molecule has 0 unspecified atom stereocenters. The largest absolute Gasteiger partial charge is 0.493 e. The fourth-order valence-corrected chi connectivity index (χ4v) is 4.54. The van der Waals surface area contributed by atoms with Crippen LogP contribution in [0.25, 0.3) is 0 Å². The quantitative estimate of drug-likeness (QED) is 0.827. The lowest BCUT2D eigenvalue weighted by molar-refractivity contribution is -0.184. The lowest BCUT2D eigenvalue weighted by atomic mass is 9.93. The molecule has 1 saturated carbocycles. The lowest BCUT2D eigenvalue weighted by Crippen LogP contribution is -2.38. The van der Waals surface area contributed by atoms with E-state index in [1.807, 2.05) is 0 Å². The van der Waals surface area contributed by atoms with Crippen LogP contribution < -0.4 is 19.9 Å². The van der Waals surface area contributed by atoms with Gasteiger partial charge in [0.1, 0.15) is 11.3 Å². The minimum absolute atomic E-state index is 0.0234. The van der Waals surface area contributed by atoms with E-state index in [-0.39, 0.29) is 19.0 Å². The highest BCUT2D eigenvalue weighted by Gasteiger charge is 2.94. The Balaban J connectivity index is 1.96. The zero-order valence-electron chi connectivity index (χ0n) is 15.1. The molecule has 1 aromatic rings. The first-order valence-electron chi connectivity index (χ1n) is 8.28. The van der Waals surface area contributed by atoms with Gasteiger partial charge in [-0.3, -0.25) is 0 Å². The molecule has 0 bridgehead atoms. The molecule has 2 fully saturated rings. The van der Waals surface area contributed by atoms with E-state index in [1.54, 1.807) is 12.1 Å². The average molecular weight is 370 g/mol. The second kappa shape index (κ2) is 5.49. The van der Waals surface area contributed by atoms with Crippen LogP contribution >= 0.6 is 0 Å². The van der Waals surface area contributed by atoms with Crippen molar-refractivity contribution >= 4 is 5.84 Å². The Morgan fingerprint density at radius 3 is 2.26 bits per heavy atom. The highest BCUT2D eigenvalue weighted by molar-refractivity contribution is 6.00. The molecule has 0 aromatic heterocycles. The molecule has 9 heteroatoms. The van der Waals surface area contributed by atoms with Crippen LogP contribution in [0.4, 0.5) is 0 Å². The molecule has 1 aliphatic carbocycles. The average Bonchev–Trinajstić information content (AvgIpc) is 2.93. The highest BCUT2D eigenvalue weighted by Crippen LogP contribution is 2.83. The summed E-state index contributed by atoms with van der Waals surface area (Å²) in [5, 5.41) is 20.2. The first-order valence-corrected chi connectivity index (χ1v) is 8.28. The number of hydrogen-bond acceptors (Lipinski definition) is 9. The number of nitrogens with zero attached hydrogens (tertiary/aromatic N) is 3. The fraction of sp³-hybridized carbons (Fsp3) is 0.500. The minimum Gasteiger partial charge on any atom is -0.493 e. The summed E-state index contributed by atoms with van der Waals surface area (Å²) < 4.78 is 27.7. The van der Waals surface area contributed by atoms with Crippen LogP contribution in [0.5, 0.6) is 17.2 Å². The van der Waals surface area contributed by atoms with Crippen molar-refractivity contribution in [2.45, 2.75) is 11.8 Å². The number of ether oxygens (including phenoxy) is 5. The van der Waals surface area contributed by atoms with Gasteiger partial charge < -0.3 is 29.4 Å². The van der Waals surface area contributed by atoms with E-state index in [4.69, 9.17) is 29.4 Å². The van der Waals surface area contributed by atoms with Gasteiger partial charge in [0.05, 0.1) is 46.7 Å². The normalized spacial score (nSPS) is 32.2. The number of methoxy groups -OCH3 is 3. The molecule has 4 rings (SSSR count). The minimum atomic E-state index is -1.59. The number of benzene rings is 1. The van der Waals surface area contributed by atoms with E-state index in [9.17, 15) is 10.5 Å². The molecule has 27 heavy (non-hydrogen) atoms. The monoisotopic (exact) mass is 370 g/mol. The van der Waals surface area contributed by atoms with Crippen molar-refractivity contribution in [2.24, 2.45) is 21.6 Å². The number of amidine groups is 1. The summed E-state index contributed by atoms with van der Waals surface area (Å²) in [5.74, 6) is -1.04. The molecule has 2 N–H and O–H groups in total. The van der Waals surface area contributed by atoms with Crippen molar-refractivity contribution < 1.29 is 23.7 Å². The van der Waals surface area contributed by atoms with Gasteiger partial charge in [-0.25, -0.2) is 4.99 Å². The molecule has 1 saturated heterocycles. The van der Waals surface area contributed by atoms with E-state index < -0.39 is 22.7 Å².